The van der Waals surface area contributed by atoms with Crippen molar-refractivity contribution >= 4 is 27.5 Å². The standard InChI is InChI=1S/C35H39N3O5S/c1-5-36-35(40)33(23-28-12-7-6-8-13-28)37(24-29-14-10-16-31(22-29)43-4)34(39)25-38(30-15-9-11-27(3)21-30)44(41,42)32-19-17-26(2)18-20-32/h6-22,33H,5,23-25H2,1-4H3,(H,36,40). The van der Waals surface area contributed by atoms with Crippen LogP contribution in [0, 0.1) is 13.8 Å². The fourth-order valence-corrected chi connectivity index (χ4v) is 6.37. The van der Waals surface area contributed by atoms with Crippen LogP contribution in [0.3, 0.4) is 0 Å². The van der Waals surface area contributed by atoms with Crippen molar-refractivity contribution < 1.29 is 22.7 Å². The zero-order valence-corrected chi connectivity index (χ0v) is 26.4. The molecule has 8 nitrogen and oxygen atoms in total. The lowest BCUT2D eigenvalue weighted by Gasteiger charge is -2.34. The Bertz CT molecular complexity index is 1670. The van der Waals surface area contributed by atoms with Crippen molar-refractivity contribution in [1.29, 1.82) is 0 Å². The number of benzene rings is 4. The Hall–Kier alpha value is -4.63. The van der Waals surface area contributed by atoms with E-state index in [1.54, 1.807) is 61.7 Å². The lowest BCUT2D eigenvalue weighted by molar-refractivity contribution is -0.140. The molecule has 0 aliphatic rings. The first kappa shape index (κ1) is 32.3. The molecular weight excluding hydrogens is 574 g/mol. The number of anilines is 1. The van der Waals surface area contributed by atoms with Crippen molar-refractivity contribution in [3.63, 3.8) is 0 Å². The molecule has 9 heteroatoms. The number of sulfonamides is 1. The summed E-state index contributed by atoms with van der Waals surface area (Å²) >= 11 is 0. The van der Waals surface area contributed by atoms with Crippen molar-refractivity contribution in [2.75, 3.05) is 24.5 Å². The summed E-state index contributed by atoms with van der Waals surface area (Å²) in [6.07, 6.45) is 0.248. The molecule has 0 saturated carbocycles. The van der Waals surface area contributed by atoms with Gasteiger partial charge in [-0.1, -0.05) is 72.3 Å². The van der Waals surface area contributed by atoms with Crippen LogP contribution in [0.1, 0.15) is 29.2 Å². The second-order valence-electron chi connectivity index (χ2n) is 10.6. The smallest absolute Gasteiger partial charge is 0.264 e. The van der Waals surface area contributed by atoms with E-state index in [0.717, 1.165) is 26.6 Å². The third-order valence-corrected chi connectivity index (χ3v) is 9.07. The molecule has 2 amide bonds. The predicted octanol–water partition coefficient (Wildman–Crippen LogP) is 5.28. The monoisotopic (exact) mass is 613 g/mol. The first-order valence-electron chi connectivity index (χ1n) is 14.5. The molecule has 0 fully saturated rings. The van der Waals surface area contributed by atoms with Crippen molar-refractivity contribution in [1.82, 2.24) is 10.2 Å². The van der Waals surface area contributed by atoms with Crippen molar-refractivity contribution in [3.8, 4) is 5.75 Å². The van der Waals surface area contributed by atoms with Gasteiger partial charge in [0.05, 0.1) is 17.7 Å². The lowest BCUT2D eigenvalue weighted by Crippen LogP contribution is -2.53. The number of methoxy groups -OCH3 is 1. The molecule has 4 aromatic carbocycles. The number of carbonyl (C=O) groups excluding carboxylic acids is 2. The van der Waals surface area contributed by atoms with Gasteiger partial charge in [-0.25, -0.2) is 8.42 Å². The molecule has 0 radical (unpaired) electrons. The maximum atomic E-state index is 14.5. The van der Waals surface area contributed by atoms with E-state index in [4.69, 9.17) is 4.74 Å². The van der Waals surface area contributed by atoms with Crippen LogP contribution >= 0.6 is 0 Å². The first-order chi connectivity index (χ1) is 21.1. The minimum absolute atomic E-state index is 0.0664. The molecule has 1 atom stereocenters. The number of likely N-dealkylation sites (N-methyl/N-ethyl adjacent to an activating group) is 1. The average molecular weight is 614 g/mol. The summed E-state index contributed by atoms with van der Waals surface area (Å²) in [4.78, 5) is 29.6. The molecule has 0 saturated heterocycles. The van der Waals surface area contributed by atoms with E-state index < -0.39 is 28.5 Å². The van der Waals surface area contributed by atoms with Crippen LogP contribution in [0.25, 0.3) is 0 Å². The van der Waals surface area contributed by atoms with Crippen molar-refractivity contribution in [3.05, 3.63) is 125 Å². The quantitative estimate of drug-likeness (QED) is 0.221. The first-order valence-corrected chi connectivity index (χ1v) is 16.0. The number of amides is 2. The highest BCUT2D eigenvalue weighted by Gasteiger charge is 2.34. The van der Waals surface area contributed by atoms with Gasteiger partial charge in [0.15, 0.2) is 0 Å². The summed E-state index contributed by atoms with van der Waals surface area (Å²) in [5.74, 6) is -0.232. The highest BCUT2D eigenvalue weighted by atomic mass is 32.2. The number of rotatable bonds is 13. The van der Waals surface area contributed by atoms with Gasteiger partial charge in [-0.3, -0.25) is 13.9 Å². The number of carbonyl (C=O) groups is 2. The van der Waals surface area contributed by atoms with Crippen molar-refractivity contribution in [2.24, 2.45) is 0 Å². The Balaban J connectivity index is 1.80. The van der Waals surface area contributed by atoms with Gasteiger partial charge in [0.2, 0.25) is 11.8 Å². The molecule has 4 aromatic rings. The lowest BCUT2D eigenvalue weighted by atomic mass is 10.0. The molecule has 44 heavy (non-hydrogen) atoms. The molecule has 230 valence electrons. The predicted molar refractivity (Wildman–Crippen MR) is 173 cm³/mol. The van der Waals surface area contributed by atoms with Crippen LogP contribution in [0.2, 0.25) is 0 Å². The second-order valence-corrected chi connectivity index (χ2v) is 12.5. The molecule has 0 bridgehead atoms. The summed E-state index contributed by atoms with van der Waals surface area (Å²) in [7, 11) is -2.59. The van der Waals surface area contributed by atoms with Crippen molar-refractivity contribution in [2.45, 2.75) is 44.7 Å². The van der Waals surface area contributed by atoms with Gasteiger partial charge in [-0.15, -0.1) is 0 Å². The summed E-state index contributed by atoms with van der Waals surface area (Å²) in [6, 6.07) is 29.4. The van der Waals surface area contributed by atoms with Crippen LogP contribution in [-0.4, -0.2) is 51.4 Å². The Morgan fingerprint density at radius 2 is 1.50 bits per heavy atom. The number of aryl methyl sites for hydroxylation is 2. The molecule has 0 aliphatic heterocycles. The number of nitrogens with zero attached hydrogens (tertiary/aromatic N) is 2. The van der Waals surface area contributed by atoms with E-state index in [1.807, 2.05) is 69.3 Å². The van der Waals surface area contributed by atoms with Gasteiger partial charge in [-0.05, 0) is 73.9 Å². The molecule has 0 spiro atoms. The minimum Gasteiger partial charge on any atom is -0.497 e. The van der Waals surface area contributed by atoms with Gasteiger partial charge in [0.1, 0.15) is 18.3 Å². The van der Waals surface area contributed by atoms with E-state index in [0.29, 0.717) is 18.0 Å². The molecule has 1 unspecified atom stereocenters. The Labute approximate surface area is 260 Å². The van der Waals surface area contributed by atoms with Crippen LogP contribution in [0.4, 0.5) is 5.69 Å². The van der Waals surface area contributed by atoms with E-state index in [1.165, 1.54) is 4.90 Å². The summed E-state index contributed by atoms with van der Waals surface area (Å²) in [5.41, 5.74) is 3.73. The van der Waals surface area contributed by atoms with E-state index >= 15 is 0 Å². The molecule has 0 aliphatic carbocycles. The number of hydrogen-bond donors (Lipinski definition) is 1. The molecule has 4 rings (SSSR count). The highest BCUT2D eigenvalue weighted by molar-refractivity contribution is 7.92. The third-order valence-electron chi connectivity index (χ3n) is 7.29. The highest BCUT2D eigenvalue weighted by Crippen LogP contribution is 2.26. The van der Waals surface area contributed by atoms with Gasteiger partial charge in [0, 0.05) is 19.5 Å². The van der Waals surface area contributed by atoms with Crippen LogP contribution in [0.5, 0.6) is 5.75 Å². The molecule has 0 heterocycles. The van der Waals surface area contributed by atoms with Crippen LogP contribution < -0.4 is 14.4 Å². The van der Waals surface area contributed by atoms with Gasteiger partial charge >= 0.3 is 0 Å². The van der Waals surface area contributed by atoms with E-state index in [-0.39, 0.29) is 23.8 Å². The summed E-state index contributed by atoms with van der Waals surface area (Å²) in [6.45, 7) is 5.50. The van der Waals surface area contributed by atoms with Gasteiger partial charge < -0.3 is 15.0 Å². The van der Waals surface area contributed by atoms with Gasteiger partial charge in [0.25, 0.3) is 10.0 Å². The normalized spacial score (nSPS) is 11.8. The van der Waals surface area contributed by atoms with Crippen LogP contribution in [0.15, 0.2) is 108 Å². The Morgan fingerprint density at radius 3 is 2.16 bits per heavy atom. The van der Waals surface area contributed by atoms with E-state index in [9.17, 15) is 18.0 Å². The molecule has 0 aromatic heterocycles. The topological polar surface area (TPSA) is 96.0 Å². The van der Waals surface area contributed by atoms with E-state index in [2.05, 4.69) is 5.32 Å². The Kier molecular flexibility index (Phi) is 10.8. The number of nitrogens with one attached hydrogen (secondary N) is 1. The number of hydrogen-bond acceptors (Lipinski definition) is 5. The summed E-state index contributed by atoms with van der Waals surface area (Å²) in [5, 5.41) is 2.87. The third kappa shape index (κ3) is 8.05. The zero-order valence-electron chi connectivity index (χ0n) is 25.6. The second kappa shape index (κ2) is 14.7. The minimum atomic E-state index is -4.15. The van der Waals surface area contributed by atoms with Crippen LogP contribution in [-0.2, 0) is 32.6 Å². The molecular formula is C35H39N3O5S. The fourth-order valence-electron chi connectivity index (χ4n) is 4.96. The summed E-state index contributed by atoms with van der Waals surface area (Å²) < 4.78 is 34.8. The largest absolute Gasteiger partial charge is 0.497 e. The maximum absolute atomic E-state index is 14.5. The van der Waals surface area contributed by atoms with Gasteiger partial charge in [-0.2, -0.15) is 0 Å². The zero-order chi connectivity index (χ0) is 31.7. The maximum Gasteiger partial charge on any atom is 0.264 e. The average Bonchev–Trinajstić information content (AvgIpc) is 3.02. The SMILES string of the molecule is CCNC(=O)C(Cc1ccccc1)N(Cc1cccc(OC)c1)C(=O)CN(c1cccc(C)c1)S(=O)(=O)c1ccc(C)cc1. The molecule has 1 N–H and O–H groups in total. The number of ether oxygens (including phenoxy) is 1. The Morgan fingerprint density at radius 1 is 0.818 bits per heavy atom. The fraction of sp³-hybridized carbons (Fsp3) is 0.257.